The van der Waals surface area contributed by atoms with E-state index in [0.717, 1.165) is 54.1 Å². The maximum Gasteiger partial charge on any atom is 0.235 e. The van der Waals surface area contributed by atoms with Crippen LogP contribution in [0.2, 0.25) is 0 Å². The molecule has 7 nitrogen and oxygen atoms in total. The molecule has 3 aromatic heterocycles. The van der Waals surface area contributed by atoms with E-state index in [0.29, 0.717) is 0 Å². The molecule has 0 N–H and O–H groups in total. The van der Waals surface area contributed by atoms with Crippen molar-refractivity contribution in [3.8, 4) is 10.6 Å². The van der Waals surface area contributed by atoms with Crippen molar-refractivity contribution < 1.29 is 0 Å². The van der Waals surface area contributed by atoms with Gasteiger partial charge in [-0.25, -0.2) is 0 Å². The Hall–Kier alpha value is -2.84. The summed E-state index contributed by atoms with van der Waals surface area (Å²) >= 11 is 1.54. The molecule has 5 rings (SSSR count). The first-order chi connectivity index (χ1) is 13.4. The van der Waals surface area contributed by atoms with Crippen LogP contribution in [0.15, 0.2) is 54.9 Å². The molecule has 0 unspecified atom stereocenters. The second-order valence-electron chi connectivity index (χ2n) is 6.56. The molecule has 0 spiro atoms. The van der Waals surface area contributed by atoms with Gasteiger partial charge in [0.15, 0.2) is 5.82 Å². The minimum Gasteiger partial charge on any atom is -0.369 e. The summed E-state index contributed by atoms with van der Waals surface area (Å²) < 4.78 is 1.87. The van der Waals surface area contributed by atoms with E-state index >= 15 is 0 Å². The number of rotatable bonds is 4. The van der Waals surface area contributed by atoms with Gasteiger partial charge in [0, 0.05) is 49.8 Å². The van der Waals surface area contributed by atoms with E-state index in [2.05, 4.69) is 55.3 Å². The van der Waals surface area contributed by atoms with Crippen LogP contribution in [-0.2, 0) is 6.54 Å². The molecule has 8 heteroatoms. The van der Waals surface area contributed by atoms with E-state index in [1.807, 2.05) is 22.8 Å². The quantitative estimate of drug-likeness (QED) is 0.545. The molecule has 4 aromatic rings. The van der Waals surface area contributed by atoms with Crippen molar-refractivity contribution >= 4 is 22.0 Å². The Bertz CT molecular complexity index is 1020. The predicted octanol–water partition coefficient (Wildman–Crippen LogP) is 2.57. The molecular formula is C19H19N7S. The van der Waals surface area contributed by atoms with E-state index in [1.54, 1.807) is 17.5 Å². The van der Waals surface area contributed by atoms with E-state index in [9.17, 15) is 0 Å². The second-order valence-corrected chi connectivity index (χ2v) is 7.51. The molecule has 1 aliphatic rings. The smallest absolute Gasteiger partial charge is 0.235 e. The molecule has 0 bridgehead atoms. The van der Waals surface area contributed by atoms with E-state index in [-0.39, 0.29) is 0 Å². The third-order valence-electron chi connectivity index (χ3n) is 4.82. The van der Waals surface area contributed by atoms with Gasteiger partial charge in [0.2, 0.25) is 4.96 Å². The molecule has 1 saturated heterocycles. The van der Waals surface area contributed by atoms with Gasteiger partial charge in [0.05, 0.1) is 6.54 Å². The molecule has 27 heavy (non-hydrogen) atoms. The monoisotopic (exact) mass is 377 g/mol. The summed E-state index contributed by atoms with van der Waals surface area (Å²) in [6.07, 6.45) is 3.60. The van der Waals surface area contributed by atoms with Crippen molar-refractivity contribution in [1.29, 1.82) is 0 Å². The zero-order valence-corrected chi connectivity index (χ0v) is 15.6. The summed E-state index contributed by atoms with van der Waals surface area (Å²) in [7, 11) is 0. The molecule has 0 atom stereocenters. The Morgan fingerprint density at radius 2 is 1.78 bits per heavy atom. The number of piperazine rings is 1. The van der Waals surface area contributed by atoms with Gasteiger partial charge in [-0.05, 0) is 24.3 Å². The van der Waals surface area contributed by atoms with Crippen LogP contribution < -0.4 is 4.90 Å². The lowest BCUT2D eigenvalue weighted by Crippen LogP contribution is -2.46. The number of nitrogens with zero attached hydrogens (tertiary/aromatic N) is 7. The molecular weight excluding hydrogens is 358 g/mol. The molecule has 1 fully saturated rings. The van der Waals surface area contributed by atoms with Crippen LogP contribution in [0.3, 0.4) is 0 Å². The third-order valence-corrected chi connectivity index (χ3v) is 5.77. The zero-order chi connectivity index (χ0) is 18.1. The number of hydrogen-bond acceptors (Lipinski definition) is 7. The number of pyridine rings is 1. The summed E-state index contributed by atoms with van der Waals surface area (Å²) in [6, 6.07) is 14.5. The van der Waals surface area contributed by atoms with Crippen LogP contribution >= 0.6 is 11.3 Å². The maximum atomic E-state index is 4.70. The van der Waals surface area contributed by atoms with Crippen LogP contribution in [0.25, 0.3) is 15.5 Å². The van der Waals surface area contributed by atoms with Crippen LogP contribution in [0.5, 0.6) is 0 Å². The van der Waals surface area contributed by atoms with Crippen molar-refractivity contribution in [3.05, 3.63) is 60.7 Å². The van der Waals surface area contributed by atoms with Gasteiger partial charge in [0.1, 0.15) is 5.01 Å². The molecule has 0 amide bonds. The Morgan fingerprint density at radius 3 is 2.56 bits per heavy atom. The third kappa shape index (κ3) is 3.29. The predicted molar refractivity (Wildman–Crippen MR) is 106 cm³/mol. The molecule has 1 aliphatic heterocycles. The number of para-hydroxylation sites is 1. The number of hydrogen-bond donors (Lipinski definition) is 0. The van der Waals surface area contributed by atoms with Crippen LogP contribution in [-0.4, -0.2) is 55.9 Å². The van der Waals surface area contributed by atoms with E-state index < -0.39 is 0 Å². The van der Waals surface area contributed by atoms with Gasteiger partial charge in [-0.15, -0.1) is 10.2 Å². The van der Waals surface area contributed by atoms with E-state index in [4.69, 9.17) is 5.10 Å². The fourth-order valence-corrected chi connectivity index (χ4v) is 4.21. The van der Waals surface area contributed by atoms with Crippen LogP contribution in [0.4, 0.5) is 5.69 Å². The fourth-order valence-electron chi connectivity index (χ4n) is 3.36. The summed E-state index contributed by atoms with van der Waals surface area (Å²) in [5, 5.41) is 14.3. The Balaban J connectivity index is 1.29. The van der Waals surface area contributed by atoms with Gasteiger partial charge in [-0.2, -0.15) is 9.61 Å². The highest BCUT2D eigenvalue weighted by atomic mass is 32.1. The van der Waals surface area contributed by atoms with Crippen molar-refractivity contribution in [3.63, 3.8) is 0 Å². The molecule has 0 aliphatic carbocycles. The second kappa shape index (κ2) is 7.05. The number of anilines is 1. The van der Waals surface area contributed by atoms with E-state index in [1.165, 1.54) is 5.69 Å². The summed E-state index contributed by atoms with van der Waals surface area (Å²) in [5.41, 5.74) is 2.30. The van der Waals surface area contributed by atoms with Gasteiger partial charge >= 0.3 is 0 Å². The average molecular weight is 377 g/mol. The molecule has 4 heterocycles. The number of aromatic nitrogens is 5. The molecule has 0 radical (unpaired) electrons. The average Bonchev–Trinajstić information content (AvgIpc) is 3.32. The van der Waals surface area contributed by atoms with Gasteiger partial charge < -0.3 is 4.90 Å². The van der Waals surface area contributed by atoms with Gasteiger partial charge in [-0.1, -0.05) is 29.5 Å². The highest BCUT2D eigenvalue weighted by molar-refractivity contribution is 7.19. The maximum absolute atomic E-state index is 4.70. The van der Waals surface area contributed by atoms with Crippen molar-refractivity contribution in [2.24, 2.45) is 0 Å². The summed E-state index contributed by atoms with van der Waals surface area (Å²) in [4.78, 5) is 9.84. The fraction of sp³-hybridized carbons (Fsp3) is 0.263. The van der Waals surface area contributed by atoms with Gasteiger partial charge in [0.25, 0.3) is 0 Å². The SMILES string of the molecule is c1ccc(N2CCN(Cc3nnc4sc(-c5cccnc5)nn34)CC2)cc1. The van der Waals surface area contributed by atoms with Crippen LogP contribution in [0.1, 0.15) is 5.82 Å². The minimum atomic E-state index is 0.764. The lowest BCUT2D eigenvalue weighted by atomic mass is 10.2. The highest BCUT2D eigenvalue weighted by Crippen LogP contribution is 2.25. The first-order valence-electron chi connectivity index (χ1n) is 9.01. The van der Waals surface area contributed by atoms with Crippen LogP contribution in [0, 0.1) is 0 Å². The minimum absolute atomic E-state index is 0.764. The first-order valence-corrected chi connectivity index (χ1v) is 9.82. The molecule has 0 saturated carbocycles. The normalized spacial score (nSPS) is 15.5. The number of fused-ring (bicyclic) bond motifs is 1. The summed E-state index contributed by atoms with van der Waals surface area (Å²) in [5.74, 6) is 0.893. The Labute approximate surface area is 160 Å². The standard InChI is InChI=1S/C19H19N7S/c1-2-6-16(7-3-1)25-11-9-24(10-12-25)14-17-21-22-19-26(17)23-18(27-19)15-5-4-8-20-13-15/h1-8,13H,9-12,14H2. The Kier molecular flexibility index (Phi) is 4.27. The van der Waals surface area contributed by atoms with Crippen molar-refractivity contribution in [2.75, 3.05) is 31.1 Å². The largest absolute Gasteiger partial charge is 0.369 e. The Morgan fingerprint density at radius 1 is 0.926 bits per heavy atom. The van der Waals surface area contributed by atoms with Crippen molar-refractivity contribution in [1.82, 2.24) is 29.7 Å². The van der Waals surface area contributed by atoms with Gasteiger partial charge in [-0.3, -0.25) is 9.88 Å². The van der Waals surface area contributed by atoms with Crippen molar-refractivity contribution in [2.45, 2.75) is 6.54 Å². The topological polar surface area (TPSA) is 62.5 Å². The first kappa shape index (κ1) is 16.3. The lowest BCUT2D eigenvalue weighted by Gasteiger charge is -2.35. The highest BCUT2D eigenvalue weighted by Gasteiger charge is 2.20. The lowest BCUT2D eigenvalue weighted by molar-refractivity contribution is 0.242. The zero-order valence-electron chi connectivity index (χ0n) is 14.8. The molecule has 136 valence electrons. The number of benzene rings is 1. The summed E-state index contributed by atoms with van der Waals surface area (Å²) in [6.45, 7) is 4.81. The molecule has 1 aromatic carbocycles.